The number of β-amino-alcohol motifs (C(OH)–C–C–N with tert-alkyl or cyclic N) is 1. The normalized spacial score (nSPS) is 20.6. The summed E-state index contributed by atoms with van der Waals surface area (Å²) in [5.74, 6) is -0.0523. The Balaban J connectivity index is 1.41. The van der Waals surface area contributed by atoms with E-state index in [2.05, 4.69) is 11.9 Å². The molecule has 0 radical (unpaired) electrons. The van der Waals surface area contributed by atoms with Crippen LogP contribution in [0.15, 0.2) is 59.4 Å². The molecule has 2 aromatic carbocycles. The van der Waals surface area contributed by atoms with E-state index in [1.807, 2.05) is 42.5 Å². The summed E-state index contributed by atoms with van der Waals surface area (Å²) in [5, 5.41) is 11.0. The van der Waals surface area contributed by atoms with Crippen molar-refractivity contribution in [3.8, 4) is 11.4 Å². The van der Waals surface area contributed by atoms with Crippen LogP contribution in [0.4, 0.5) is 0 Å². The number of H-pyrrole nitrogens is 1. The summed E-state index contributed by atoms with van der Waals surface area (Å²) >= 11 is 6.03. The van der Waals surface area contributed by atoms with E-state index in [1.54, 1.807) is 17.0 Å². The van der Waals surface area contributed by atoms with E-state index in [-0.39, 0.29) is 49.2 Å². The number of benzene rings is 2. The molecule has 2 N–H and O–H groups in total. The smallest absolute Gasteiger partial charge is 0.256 e. The van der Waals surface area contributed by atoms with Crippen molar-refractivity contribution >= 4 is 23.4 Å². The second-order valence-electron chi connectivity index (χ2n) is 10.5. The molecule has 0 bridgehead atoms. The number of aromatic nitrogens is 2. The first kappa shape index (κ1) is 27.1. The fraction of sp³-hybridized carbons (Fsp3) is 0.400. The summed E-state index contributed by atoms with van der Waals surface area (Å²) < 4.78 is 0. The number of halogens is 1. The number of amides is 2. The molecule has 0 aliphatic carbocycles. The Labute approximate surface area is 232 Å². The minimum atomic E-state index is -0.765. The molecule has 3 atom stereocenters. The van der Waals surface area contributed by atoms with Gasteiger partial charge in [0, 0.05) is 36.0 Å². The van der Waals surface area contributed by atoms with Crippen LogP contribution < -0.4 is 5.56 Å². The van der Waals surface area contributed by atoms with Gasteiger partial charge in [-0.2, -0.15) is 0 Å². The number of carbonyl (C=O) groups is 2. The van der Waals surface area contributed by atoms with Crippen molar-refractivity contribution in [2.45, 2.75) is 63.6 Å². The molecule has 39 heavy (non-hydrogen) atoms. The highest BCUT2D eigenvalue weighted by molar-refractivity contribution is 6.30. The summed E-state index contributed by atoms with van der Waals surface area (Å²) in [4.78, 5) is 51.3. The van der Waals surface area contributed by atoms with Crippen LogP contribution in [-0.4, -0.2) is 61.9 Å². The fourth-order valence-electron chi connectivity index (χ4n) is 5.61. The van der Waals surface area contributed by atoms with Crippen LogP contribution in [0.3, 0.4) is 0 Å². The molecule has 2 aliphatic heterocycles. The van der Waals surface area contributed by atoms with Gasteiger partial charge in [-0.1, -0.05) is 61.7 Å². The zero-order chi connectivity index (χ0) is 27.5. The first-order valence-corrected chi connectivity index (χ1v) is 13.9. The second-order valence-corrected chi connectivity index (χ2v) is 10.9. The molecule has 3 heterocycles. The van der Waals surface area contributed by atoms with Crippen LogP contribution in [0.5, 0.6) is 0 Å². The SMILES string of the molecule is CCCCC1CN(C(=O)[C@@H]2C[C@@H](O)CN2C(=O)Cc2ccccc2)Cc2c1nc(-c1ccc(Cl)cc1)[nH]c2=O. The number of fused-ring (bicyclic) bond motifs is 1. The van der Waals surface area contributed by atoms with E-state index >= 15 is 0 Å². The van der Waals surface area contributed by atoms with Crippen LogP contribution in [0.2, 0.25) is 5.02 Å². The van der Waals surface area contributed by atoms with Gasteiger partial charge >= 0.3 is 0 Å². The van der Waals surface area contributed by atoms with E-state index in [4.69, 9.17) is 16.6 Å². The first-order chi connectivity index (χ1) is 18.8. The Morgan fingerprint density at radius 2 is 1.85 bits per heavy atom. The number of hydrogen-bond donors (Lipinski definition) is 2. The highest BCUT2D eigenvalue weighted by Gasteiger charge is 2.42. The Kier molecular flexibility index (Phi) is 8.14. The summed E-state index contributed by atoms with van der Waals surface area (Å²) in [5.41, 5.74) is 2.56. The number of nitrogens with one attached hydrogen (secondary N) is 1. The van der Waals surface area contributed by atoms with Gasteiger partial charge in [-0.3, -0.25) is 14.4 Å². The maximum absolute atomic E-state index is 13.8. The third-order valence-corrected chi connectivity index (χ3v) is 7.89. The number of aliphatic hydroxyl groups is 1. The number of aliphatic hydroxyl groups excluding tert-OH is 1. The van der Waals surface area contributed by atoms with Gasteiger partial charge < -0.3 is 19.9 Å². The van der Waals surface area contributed by atoms with Gasteiger partial charge in [0.15, 0.2) is 0 Å². The molecule has 1 unspecified atom stereocenters. The molecule has 8 nitrogen and oxygen atoms in total. The molecule has 1 saturated heterocycles. The van der Waals surface area contributed by atoms with Crippen molar-refractivity contribution in [2.24, 2.45) is 0 Å². The topological polar surface area (TPSA) is 107 Å². The van der Waals surface area contributed by atoms with Crippen LogP contribution >= 0.6 is 11.6 Å². The molecule has 1 fully saturated rings. The standard InChI is InChI=1S/C30H33ClN4O4/c1-2-3-9-21-16-34(18-24-27(21)32-28(33-29(24)38)20-10-12-22(31)13-11-20)30(39)25-15-23(36)17-35(25)26(37)14-19-7-5-4-6-8-19/h4-8,10-13,21,23,25,36H,2-3,9,14-18H2,1H3,(H,32,33,38)/t21?,23-,25+/m1/s1. The Morgan fingerprint density at radius 3 is 2.56 bits per heavy atom. The molecule has 2 aliphatic rings. The summed E-state index contributed by atoms with van der Waals surface area (Å²) in [6.07, 6.45) is 2.28. The van der Waals surface area contributed by atoms with Gasteiger partial charge in [0.1, 0.15) is 11.9 Å². The molecule has 3 aromatic rings. The van der Waals surface area contributed by atoms with E-state index in [1.165, 1.54) is 4.90 Å². The summed E-state index contributed by atoms with van der Waals surface area (Å²) in [7, 11) is 0. The van der Waals surface area contributed by atoms with E-state index in [0.29, 0.717) is 23.0 Å². The maximum Gasteiger partial charge on any atom is 0.256 e. The summed E-state index contributed by atoms with van der Waals surface area (Å²) in [6, 6.07) is 15.8. The largest absolute Gasteiger partial charge is 0.391 e. The third kappa shape index (κ3) is 5.92. The van der Waals surface area contributed by atoms with Gasteiger partial charge in [-0.15, -0.1) is 0 Å². The van der Waals surface area contributed by atoms with Crippen LogP contribution in [0.25, 0.3) is 11.4 Å². The number of carbonyl (C=O) groups excluding carboxylic acids is 2. The number of nitrogens with zero attached hydrogens (tertiary/aromatic N) is 3. The molecular formula is C30H33ClN4O4. The fourth-order valence-corrected chi connectivity index (χ4v) is 5.74. The Morgan fingerprint density at radius 1 is 1.10 bits per heavy atom. The molecule has 9 heteroatoms. The number of unbranched alkanes of at least 4 members (excludes halogenated alkanes) is 1. The third-order valence-electron chi connectivity index (χ3n) is 7.64. The van der Waals surface area contributed by atoms with Gasteiger partial charge in [-0.05, 0) is 36.2 Å². The van der Waals surface area contributed by atoms with Crippen molar-refractivity contribution in [2.75, 3.05) is 13.1 Å². The van der Waals surface area contributed by atoms with Crippen molar-refractivity contribution in [3.63, 3.8) is 0 Å². The zero-order valence-corrected chi connectivity index (χ0v) is 22.7. The number of hydrogen-bond acceptors (Lipinski definition) is 5. The minimum absolute atomic E-state index is 0.106. The average Bonchev–Trinajstić information content (AvgIpc) is 3.34. The van der Waals surface area contributed by atoms with Gasteiger partial charge in [-0.25, -0.2) is 4.98 Å². The van der Waals surface area contributed by atoms with Crippen molar-refractivity contribution < 1.29 is 14.7 Å². The predicted octanol–water partition coefficient (Wildman–Crippen LogP) is 3.91. The number of aromatic amines is 1. The second kappa shape index (κ2) is 11.7. The van der Waals surface area contributed by atoms with Gasteiger partial charge in [0.2, 0.25) is 11.8 Å². The zero-order valence-electron chi connectivity index (χ0n) is 22.0. The highest BCUT2D eigenvalue weighted by atomic mass is 35.5. The highest BCUT2D eigenvalue weighted by Crippen LogP contribution is 2.32. The quantitative estimate of drug-likeness (QED) is 0.465. The number of likely N-dealkylation sites (tertiary alicyclic amines) is 1. The van der Waals surface area contributed by atoms with Crippen LogP contribution in [0.1, 0.15) is 55.3 Å². The molecule has 0 spiro atoms. The van der Waals surface area contributed by atoms with E-state index in [0.717, 1.165) is 36.1 Å². The Hall–Kier alpha value is -3.49. The van der Waals surface area contributed by atoms with Crippen molar-refractivity contribution in [3.05, 3.63) is 86.8 Å². The minimum Gasteiger partial charge on any atom is -0.391 e. The lowest BCUT2D eigenvalue weighted by Gasteiger charge is -2.36. The van der Waals surface area contributed by atoms with Crippen LogP contribution in [-0.2, 0) is 22.6 Å². The monoisotopic (exact) mass is 548 g/mol. The molecule has 0 saturated carbocycles. The maximum atomic E-state index is 13.8. The van der Waals surface area contributed by atoms with Crippen LogP contribution in [0, 0.1) is 0 Å². The lowest BCUT2D eigenvalue weighted by Crippen LogP contribution is -2.51. The molecule has 1 aromatic heterocycles. The predicted molar refractivity (Wildman–Crippen MR) is 149 cm³/mol. The molecular weight excluding hydrogens is 516 g/mol. The van der Waals surface area contributed by atoms with E-state index in [9.17, 15) is 19.5 Å². The summed E-state index contributed by atoms with van der Waals surface area (Å²) in [6.45, 7) is 2.76. The first-order valence-electron chi connectivity index (χ1n) is 13.5. The van der Waals surface area contributed by atoms with Gasteiger partial charge in [0.05, 0.1) is 30.3 Å². The van der Waals surface area contributed by atoms with E-state index < -0.39 is 12.1 Å². The number of rotatable bonds is 7. The molecule has 2 amide bonds. The lowest BCUT2D eigenvalue weighted by atomic mass is 9.90. The van der Waals surface area contributed by atoms with Crippen molar-refractivity contribution in [1.29, 1.82) is 0 Å². The lowest BCUT2D eigenvalue weighted by molar-refractivity contribution is -0.144. The Bertz CT molecular complexity index is 1390. The van der Waals surface area contributed by atoms with Gasteiger partial charge in [0.25, 0.3) is 5.56 Å². The average molecular weight is 549 g/mol. The van der Waals surface area contributed by atoms with Crippen molar-refractivity contribution in [1.82, 2.24) is 19.8 Å². The molecule has 204 valence electrons. The molecule has 5 rings (SSSR count).